The first kappa shape index (κ1) is 15.9. The second-order valence-electron chi connectivity index (χ2n) is 4.23. The van der Waals surface area contributed by atoms with Gasteiger partial charge in [0, 0.05) is 12.1 Å². The fraction of sp³-hybridized carbons (Fsp3) is 0.0667. The number of nitrogens with two attached hydrogens (primary N) is 1. The van der Waals surface area contributed by atoms with Gasteiger partial charge in [0.2, 0.25) is 0 Å². The molecule has 0 atom stereocenters. The van der Waals surface area contributed by atoms with Crippen molar-refractivity contribution in [3.05, 3.63) is 58.6 Å². The standard InChI is InChI=1S/C15H12ClN3S.ClH/c16-12-5-2-1-4-11(12)15-18-10(9-17)8-13(19-15)14-6-3-7-20-14;/h1-8H,9,17H2;1H. The molecule has 3 rings (SSSR count). The van der Waals surface area contributed by atoms with Crippen LogP contribution >= 0.6 is 35.3 Å². The van der Waals surface area contributed by atoms with Crippen molar-refractivity contribution in [2.24, 2.45) is 5.73 Å². The van der Waals surface area contributed by atoms with Crippen molar-refractivity contribution in [1.82, 2.24) is 9.97 Å². The van der Waals surface area contributed by atoms with Gasteiger partial charge in [-0.3, -0.25) is 0 Å². The number of rotatable bonds is 3. The van der Waals surface area contributed by atoms with Crippen molar-refractivity contribution in [2.45, 2.75) is 6.54 Å². The van der Waals surface area contributed by atoms with Crippen LogP contribution in [-0.4, -0.2) is 9.97 Å². The number of nitrogens with zero attached hydrogens (tertiary/aromatic N) is 2. The van der Waals surface area contributed by atoms with E-state index >= 15 is 0 Å². The molecule has 0 aliphatic heterocycles. The summed E-state index contributed by atoms with van der Waals surface area (Å²) in [6.45, 7) is 0.373. The van der Waals surface area contributed by atoms with Crippen LogP contribution in [0.3, 0.4) is 0 Å². The van der Waals surface area contributed by atoms with Gasteiger partial charge in [-0.05, 0) is 29.6 Å². The maximum atomic E-state index is 6.22. The van der Waals surface area contributed by atoms with Crippen LogP contribution in [0.15, 0.2) is 47.8 Å². The van der Waals surface area contributed by atoms with E-state index in [-0.39, 0.29) is 12.4 Å². The van der Waals surface area contributed by atoms with Crippen LogP contribution in [0.2, 0.25) is 5.02 Å². The Hall–Kier alpha value is -1.46. The summed E-state index contributed by atoms with van der Waals surface area (Å²) in [7, 11) is 0. The van der Waals surface area contributed by atoms with E-state index in [1.165, 1.54) is 0 Å². The maximum Gasteiger partial charge on any atom is 0.161 e. The van der Waals surface area contributed by atoms with E-state index in [0.717, 1.165) is 21.8 Å². The molecule has 2 aromatic heterocycles. The number of benzene rings is 1. The molecule has 0 fully saturated rings. The third-order valence-corrected chi connectivity index (χ3v) is 4.10. The summed E-state index contributed by atoms with van der Waals surface area (Å²) < 4.78 is 0. The summed E-state index contributed by atoms with van der Waals surface area (Å²) in [5.41, 5.74) is 8.24. The molecule has 0 unspecified atom stereocenters. The first-order valence-electron chi connectivity index (χ1n) is 6.15. The summed E-state index contributed by atoms with van der Waals surface area (Å²) in [5.74, 6) is 0.613. The molecule has 0 saturated carbocycles. The zero-order valence-corrected chi connectivity index (χ0v) is 13.4. The Bertz CT molecular complexity index is 730. The first-order chi connectivity index (χ1) is 9.78. The molecule has 0 spiro atoms. The quantitative estimate of drug-likeness (QED) is 0.770. The number of halogens is 2. The molecular weight excluding hydrogens is 325 g/mol. The van der Waals surface area contributed by atoms with Crippen LogP contribution in [-0.2, 0) is 6.54 Å². The number of aromatic nitrogens is 2. The predicted octanol–water partition coefficient (Wildman–Crippen LogP) is 4.41. The first-order valence-corrected chi connectivity index (χ1v) is 7.40. The molecule has 0 saturated heterocycles. The molecule has 0 aliphatic carbocycles. The van der Waals surface area contributed by atoms with Crippen molar-refractivity contribution < 1.29 is 0 Å². The molecule has 21 heavy (non-hydrogen) atoms. The fourth-order valence-electron chi connectivity index (χ4n) is 1.92. The fourth-order valence-corrected chi connectivity index (χ4v) is 2.82. The molecule has 3 nitrogen and oxygen atoms in total. The molecule has 108 valence electrons. The summed E-state index contributed by atoms with van der Waals surface area (Å²) in [5, 5.41) is 2.66. The smallest absolute Gasteiger partial charge is 0.161 e. The van der Waals surface area contributed by atoms with Gasteiger partial charge in [0.1, 0.15) is 0 Å². The molecule has 0 amide bonds. The lowest BCUT2D eigenvalue weighted by Crippen LogP contribution is -2.03. The van der Waals surface area contributed by atoms with Gasteiger partial charge >= 0.3 is 0 Å². The van der Waals surface area contributed by atoms with Crippen LogP contribution in [0.25, 0.3) is 22.0 Å². The number of hydrogen-bond donors (Lipinski definition) is 1. The highest BCUT2D eigenvalue weighted by Crippen LogP contribution is 2.29. The van der Waals surface area contributed by atoms with Gasteiger partial charge in [0.25, 0.3) is 0 Å². The molecule has 2 heterocycles. The van der Waals surface area contributed by atoms with E-state index in [0.29, 0.717) is 17.4 Å². The molecule has 0 aliphatic rings. The van der Waals surface area contributed by atoms with Crippen LogP contribution in [0, 0.1) is 0 Å². The van der Waals surface area contributed by atoms with Gasteiger partial charge in [0.05, 0.1) is 21.3 Å². The highest BCUT2D eigenvalue weighted by molar-refractivity contribution is 7.13. The van der Waals surface area contributed by atoms with Crippen molar-refractivity contribution in [3.8, 4) is 22.0 Å². The monoisotopic (exact) mass is 337 g/mol. The Kier molecular flexibility index (Phi) is 5.31. The molecule has 2 N–H and O–H groups in total. The van der Waals surface area contributed by atoms with Crippen LogP contribution < -0.4 is 5.73 Å². The Morgan fingerprint density at radius 1 is 1.10 bits per heavy atom. The van der Waals surface area contributed by atoms with E-state index in [2.05, 4.69) is 9.97 Å². The lowest BCUT2D eigenvalue weighted by atomic mass is 10.2. The number of hydrogen-bond acceptors (Lipinski definition) is 4. The Morgan fingerprint density at radius 3 is 2.57 bits per heavy atom. The highest BCUT2D eigenvalue weighted by atomic mass is 35.5. The average molecular weight is 338 g/mol. The van der Waals surface area contributed by atoms with Gasteiger partial charge in [0.15, 0.2) is 5.82 Å². The Balaban J connectivity index is 0.00000161. The minimum absolute atomic E-state index is 0. The van der Waals surface area contributed by atoms with E-state index in [4.69, 9.17) is 17.3 Å². The zero-order valence-electron chi connectivity index (χ0n) is 11.0. The van der Waals surface area contributed by atoms with Gasteiger partial charge in [-0.25, -0.2) is 9.97 Å². The van der Waals surface area contributed by atoms with Crippen molar-refractivity contribution in [3.63, 3.8) is 0 Å². The van der Waals surface area contributed by atoms with Crippen molar-refractivity contribution in [1.29, 1.82) is 0 Å². The van der Waals surface area contributed by atoms with Gasteiger partial charge in [-0.1, -0.05) is 29.8 Å². The molecular formula is C15H13Cl2N3S. The lowest BCUT2D eigenvalue weighted by molar-refractivity contribution is 0.972. The third kappa shape index (κ3) is 3.41. The van der Waals surface area contributed by atoms with Crippen molar-refractivity contribution in [2.75, 3.05) is 0 Å². The van der Waals surface area contributed by atoms with Crippen LogP contribution in [0.5, 0.6) is 0 Å². The molecule has 0 radical (unpaired) electrons. The molecule has 3 aromatic rings. The predicted molar refractivity (Wildman–Crippen MR) is 90.9 cm³/mol. The van der Waals surface area contributed by atoms with E-state index in [9.17, 15) is 0 Å². The zero-order chi connectivity index (χ0) is 13.9. The van der Waals surface area contributed by atoms with Crippen LogP contribution in [0.4, 0.5) is 0 Å². The Morgan fingerprint density at radius 2 is 1.90 bits per heavy atom. The third-order valence-electron chi connectivity index (χ3n) is 2.88. The summed E-state index contributed by atoms with van der Waals surface area (Å²) in [6.07, 6.45) is 0. The van der Waals surface area contributed by atoms with Gasteiger partial charge in [-0.15, -0.1) is 23.7 Å². The SMILES string of the molecule is Cl.NCc1cc(-c2cccs2)nc(-c2ccccc2Cl)n1. The lowest BCUT2D eigenvalue weighted by Gasteiger charge is -2.07. The topological polar surface area (TPSA) is 51.8 Å². The summed E-state index contributed by atoms with van der Waals surface area (Å²) in [6, 6.07) is 13.5. The van der Waals surface area contributed by atoms with Crippen LogP contribution in [0.1, 0.15) is 5.69 Å². The molecule has 0 bridgehead atoms. The minimum atomic E-state index is 0. The molecule has 1 aromatic carbocycles. The summed E-state index contributed by atoms with van der Waals surface area (Å²) >= 11 is 7.86. The van der Waals surface area contributed by atoms with Crippen molar-refractivity contribution >= 4 is 35.3 Å². The normalized spacial score (nSPS) is 10.2. The largest absolute Gasteiger partial charge is 0.325 e. The Labute approximate surface area is 138 Å². The summed E-state index contributed by atoms with van der Waals surface area (Å²) in [4.78, 5) is 10.2. The van der Waals surface area contributed by atoms with E-state index in [1.54, 1.807) is 11.3 Å². The number of thiophene rings is 1. The average Bonchev–Trinajstić information content (AvgIpc) is 3.01. The highest BCUT2D eigenvalue weighted by Gasteiger charge is 2.10. The second-order valence-corrected chi connectivity index (χ2v) is 5.58. The van der Waals surface area contributed by atoms with Gasteiger partial charge in [-0.2, -0.15) is 0 Å². The van der Waals surface area contributed by atoms with E-state index in [1.807, 2.05) is 47.8 Å². The van der Waals surface area contributed by atoms with Gasteiger partial charge < -0.3 is 5.73 Å². The second kappa shape index (κ2) is 7.00. The minimum Gasteiger partial charge on any atom is -0.325 e. The molecule has 6 heteroatoms. The van der Waals surface area contributed by atoms with E-state index < -0.39 is 0 Å². The maximum absolute atomic E-state index is 6.22.